The van der Waals surface area contributed by atoms with Crippen LogP contribution < -0.4 is 0 Å². The number of ether oxygens (including phenoxy) is 4. The molecule has 0 saturated carbocycles. The zero-order chi connectivity index (χ0) is 26.1. The SMILES string of the molecule is CCCOC(=O)[C@]1(O)C=C(OCc2ccc3sccc3c2)[C@@H](OC(=O)CCC)[C@H](OC(=O)CCC)C1. The van der Waals surface area contributed by atoms with Gasteiger partial charge in [-0.05, 0) is 53.8 Å². The van der Waals surface area contributed by atoms with E-state index in [4.69, 9.17) is 18.9 Å². The molecular weight excluding hydrogens is 484 g/mol. The Kier molecular flexibility index (Phi) is 9.89. The van der Waals surface area contributed by atoms with Crippen LogP contribution >= 0.6 is 11.3 Å². The van der Waals surface area contributed by atoms with Gasteiger partial charge in [0, 0.05) is 30.0 Å². The first-order valence-corrected chi connectivity index (χ1v) is 13.3. The second-order valence-electron chi connectivity index (χ2n) is 8.83. The van der Waals surface area contributed by atoms with Crippen LogP contribution in [0.25, 0.3) is 10.1 Å². The third-order valence-corrected chi connectivity index (χ3v) is 6.57. The highest BCUT2D eigenvalue weighted by Crippen LogP contribution is 2.34. The summed E-state index contributed by atoms with van der Waals surface area (Å²) in [5.74, 6) is -1.85. The lowest BCUT2D eigenvalue weighted by molar-refractivity contribution is -0.182. The van der Waals surface area contributed by atoms with Crippen molar-refractivity contribution in [2.24, 2.45) is 0 Å². The minimum absolute atomic E-state index is 0.0429. The number of carbonyl (C=O) groups is 3. The van der Waals surface area contributed by atoms with Crippen LogP contribution in [0.2, 0.25) is 0 Å². The molecule has 1 aromatic carbocycles. The first-order valence-electron chi connectivity index (χ1n) is 12.4. The first kappa shape index (κ1) is 27.7. The van der Waals surface area contributed by atoms with Crippen LogP contribution in [0.5, 0.6) is 0 Å². The molecule has 0 amide bonds. The zero-order valence-electron chi connectivity index (χ0n) is 21.0. The van der Waals surface area contributed by atoms with Crippen molar-refractivity contribution in [3.63, 3.8) is 0 Å². The number of thiophene rings is 1. The minimum atomic E-state index is -2.10. The topological polar surface area (TPSA) is 108 Å². The van der Waals surface area contributed by atoms with Gasteiger partial charge < -0.3 is 24.1 Å². The summed E-state index contributed by atoms with van der Waals surface area (Å²) in [5, 5.41) is 14.3. The maximum Gasteiger partial charge on any atom is 0.342 e. The summed E-state index contributed by atoms with van der Waals surface area (Å²) in [6, 6.07) is 7.89. The third kappa shape index (κ3) is 7.07. The molecule has 1 aliphatic rings. The normalized spacial score (nSPS) is 21.5. The number of rotatable bonds is 12. The van der Waals surface area contributed by atoms with E-state index in [1.165, 1.54) is 6.08 Å². The summed E-state index contributed by atoms with van der Waals surface area (Å²) in [5.41, 5.74) is -1.25. The van der Waals surface area contributed by atoms with Gasteiger partial charge in [-0.1, -0.05) is 26.8 Å². The molecule has 0 unspecified atom stereocenters. The van der Waals surface area contributed by atoms with Gasteiger partial charge in [-0.15, -0.1) is 11.3 Å². The number of aliphatic hydroxyl groups is 1. The average Bonchev–Trinajstić information content (AvgIpc) is 3.31. The second kappa shape index (κ2) is 12.9. The van der Waals surface area contributed by atoms with Gasteiger partial charge in [0.25, 0.3) is 0 Å². The first-order chi connectivity index (χ1) is 17.3. The summed E-state index contributed by atoms with van der Waals surface area (Å²) >= 11 is 1.63. The molecule has 0 bridgehead atoms. The molecule has 0 aliphatic heterocycles. The van der Waals surface area contributed by atoms with Crippen molar-refractivity contribution in [3.05, 3.63) is 47.0 Å². The molecule has 1 aromatic heterocycles. The molecule has 8 nitrogen and oxygen atoms in total. The molecular formula is C27H34O8S. The Labute approximate surface area is 215 Å². The van der Waals surface area contributed by atoms with Gasteiger partial charge in [-0.25, -0.2) is 4.79 Å². The van der Waals surface area contributed by atoms with Crippen LogP contribution in [0.15, 0.2) is 41.5 Å². The number of hydrogen-bond donors (Lipinski definition) is 1. The van der Waals surface area contributed by atoms with Crippen molar-refractivity contribution < 1.29 is 38.4 Å². The Hall–Kier alpha value is -2.91. The van der Waals surface area contributed by atoms with Crippen molar-refractivity contribution in [1.82, 2.24) is 0 Å². The van der Waals surface area contributed by atoms with Crippen LogP contribution in [0.1, 0.15) is 64.9 Å². The maximum absolute atomic E-state index is 12.8. The van der Waals surface area contributed by atoms with E-state index < -0.39 is 35.7 Å². The number of esters is 3. The van der Waals surface area contributed by atoms with Crippen LogP contribution in [0.3, 0.4) is 0 Å². The smallest absolute Gasteiger partial charge is 0.342 e. The van der Waals surface area contributed by atoms with Crippen LogP contribution in [0, 0.1) is 0 Å². The highest BCUT2D eigenvalue weighted by molar-refractivity contribution is 7.17. The van der Waals surface area contributed by atoms with Gasteiger partial charge in [0.05, 0.1) is 6.61 Å². The molecule has 0 saturated heterocycles. The second-order valence-corrected chi connectivity index (χ2v) is 9.78. The number of fused-ring (bicyclic) bond motifs is 1. The molecule has 3 rings (SSSR count). The van der Waals surface area contributed by atoms with Crippen molar-refractivity contribution in [2.75, 3.05) is 6.61 Å². The van der Waals surface area contributed by atoms with Gasteiger partial charge in [-0.2, -0.15) is 0 Å². The molecule has 0 spiro atoms. The van der Waals surface area contributed by atoms with Crippen LogP contribution in [-0.4, -0.2) is 47.4 Å². The quantitative estimate of drug-likeness (QED) is 0.315. The van der Waals surface area contributed by atoms with E-state index in [0.717, 1.165) is 15.6 Å². The summed E-state index contributed by atoms with van der Waals surface area (Å²) in [7, 11) is 0. The lowest BCUT2D eigenvalue weighted by Crippen LogP contribution is -2.52. The van der Waals surface area contributed by atoms with Crippen LogP contribution in [-0.2, 0) is 39.9 Å². The highest BCUT2D eigenvalue weighted by atomic mass is 32.1. The fourth-order valence-electron chi connectivity index (χ4n) is 3.91. The highest BCUT2D eigenvalue weighted by Gasteiger charge is 2.49. The third-order valence-electron chi connectivity index (χ3n) is 5.67. The average molecular weight is 519 g/mol. The van der Waals surface area contributed by atoms with E-state index in [1.807, 2.05) is 50.4 Å². The Morgan fingerprint density at radius 3 is 2.44 bits per heavy atom. The monoisotopic (exact) mass is 518 g/mol. The molecule has 1 aliphatic carbocycles. The molecule has 196 valence electrons. The fraction of sp³-hybridized carbons (Fsp3) is 0.519. The van der Waals surface area contributed by atoms with Crippen molar-refractivity contribution in [2.45, 2.75) is 83.7 Å². The summed E-state index contributed by atoms with van der Waals surface area (Å²) in [4.78, 5) is 37.6. The van der Waals surface area contributed by atoms with E-state index in [-0.39, 0.29) is 38.2 Å². The summed E-state index contributed by atoms with van der Waals surface area (Å²) in [6.45, 7) is 5.73. The minimum Gasteiger partial charge on any atom is -0.489 e. The Morgan fingerprint density at radius 1 is 1.03 bits per heavy atom. The van der Waals surface area contributed by atoms with Gasteiger partial charge in [0.2, 0.25) is 0 Å². The molecule has 1 N–H and O–H groups in total. The van der Waals surface area contributed by atoms with Gasteiger partial charge in [-0.3, -0.25) is 9.59 Å². The largest absolute Gasteiger partial charge is 0.489 e. The molecule has 0 fully saturated rings. The van der Waals surface area contributed by atoms with Gasteiger partial charge in [0.15, 0.2) is 11.7 Å². The summed E-state index contributed by atoms with van der Waals surface area (Å²) in [6.07, 6.45) is 0.690. The molecule has 9 heteroatoms. The molecule has 2 aromatic rings. The predicted molar refractivity (Wildman–Crippen MR) is 135 cm³/mol. The van der Waals surface area contributed by atoms with Gasteiger partial charge in [0.1, 0.15) is 18.5 Å². The Balaban J connectivity index is 1.93. The van der Waals surface area contributed by atoms with E-state index in [1.54, 1.807) is 11.3 Å². The number of carbonyl (C=O) groups excluding carboxylic acids is 3. The van der Waals surface area contributed by atoms with Crippen molar-refractivity contribution in [1.29, 1.82) is 0 Å². The lowest BCUT2D eigenvalue weighted by Gasteiger charge is -2.37. The number of benzene rings is 1. The molecule has 1 heterocycles. The van der Waals surface area contributed by atoms with E-state index in [2.05, 4.69) is 0 Å². The Bertz CT molecular complexity index is 1090. The van der Waals surface area contributed by atoms with Crippen molar-refractivity contribution in [3.8, 4) is 0 Å². The standard InChI is InChI=1S/C27H34O8S/c1-4-7-23(28)34-21-16-27(31,26(30)32-12-6-3)15-20(25(21)35-24(29)8-5-2)33-17-18-9-10-22-19(14-18)11-13-36-22/h9-11,13-15,21,25,31H,4-8,12,16-17H2,1-3H3/t21-,25-,27+/m1/s1. The summed E-state index contributed by atoms with van der Waals surface area (Å²) < 4.78 is 23.6. The molecule has 0 radical (unpaired) electrons. The van der Waals surface area contributed by atoms with E-state index in [0.29, 0.717) is 19.3 Å². The maximum atomic E-state index is 12.8. The Morgan fingerprint density at radius 2 is 1.75 bits per heavy atom. The molecule has 3 atom stereocenters. The van der Waals surface area contributed by atoms with Gasteiger partial charge >= 0.3 is 17.9 Å². The fourth-order valence-corrected chi connectivity index (χ4v) is 4.68. The van der Waals surface area contributed by atoms with Crippen LogP contribution in [0.4, 0.5) is 0 Å². The predicted octanol–water partition coefficient (Wildman–Crippen LogP) is 4.81. The number of hydrogen-bond acceptors (Lipinski definition) is 9. The lowest BCUT2D eigenvalue weighted by atomic mass is 9.86. The van der Waals surface area contributed by atoms with E-state index >= 15 is 0 Å². The van der Waals surface area contributed by atoms with Crippen molar-refractivity contribution >= 4 is 39.3 Å². The van der Waals surface area contributed by atoms with E-state index in [9.17, 15) is 19.5 Å². The molecule has 36 heavy (non-hydrogen) atoms. The zero-order valence-corrected chi connectivity index (χ0v) is 21.8.